The van der Waals surface area contributed by atoms with Crippen LogP contribution in [0.5, 0.6) is 0 Å². The van der Waals surface area contributed by atoms with E-state index in [1.165, 1.54) is 58.7 Å². The third kappa shape index (κ3) is 9.09. The summed E-state index contributed by atoms with van der Waals surface area (Å²) in [7, 11) is 2.20. The SMILES string of the molecule is CC.CC.CCN1CCC(OCCN2CCN(C)CC2)CC1. The minimum Gasteiger partial charge on any atom is -0.377 e. The third-order valence-corrected chi connectivity index (χ3v) is 4.34. The largest absolute Gasteiger partial charge is 0.377 e. The standard InChI is InChI=1S/C14H29N3O.2C2H6/c1-3-16-6-4-14(5-7-16)18-13-12-17-10-8-15(2)9-11-17;2*1-2/h14H,3-13H2,1-2H3;2*1-2H3. The van der Waals surface area contributed by atoms with E-state index in [1.807, 2.05) is 27.7 Å². The van der Waals surface area contributed by atoms with Crippen LogP contribution in [0.25, 0.3) is 0 Å². The van der Waals surface area contributed by atoms with Gasteiger partial charge < -0.3 is 14.5 Å². The fourth-order valence-corrected chi connectivity index (χ4v) is 2.81. The Labute approximate surface area is 139 Å². The topological polar surface area (TPSA) is 19.0 Å². The average Bonchev–Trinajstić information content (AvgIpc) is 2.61. The summed E-state index contributed by atoms with van der Waals surface area (Å²) in [5, 5.41) is 0. The normalized spacial score (nSPS) is 21.5. The molecular weight excluding hydrogens is 274 g/mol. The molecule has 2 heterocycles. The van der Waals surface area contributed by atoms with Crippen LogP contribution in [0.15, 0.2) is 0 Å². The smallest absolute Gasteiger partial charge is 0.0600 e. The highest BCUT2D eigenvalue weighted by molar-refractivity contribution is 4.73. The minimum absolute atomic E-state index is 0.514. The number of likely N-dealkylation sites (tertiary alicyclic amines) is 1. The fourth-order valence-electron chi connectivity index (χ4n) is 2.81. The highest BCUT2D eigenvalue weighted by Gasteiger charge is 2.19. The van der Waals surface area contributed by atoms with Crippen LogP contribution < -0.4 is 0 Å². The molecule has 0 N–H and O–H groups in total. The maximum atomic E-state index is 6.02. The van der Waals surface area contributed by atoms with Crippen molar-refractivity contribution < 1.29 is 4.74 Å². The van der Waals surface area contributed by atoms with Crippen molar-refractivity contribution in [3.8, 4) is 0 Å². The van der Waals surface area contributed by atoms with Crippen LogP contribution in [0, 0.1) is 0 Å². The molecule has 0 aromatic carbocycles. The monoisotopic (exact) mass is 315 g/mol. The summed E-state index contributed by atoms with van der Waals surface area (Å²) in [6.07, 6.45) is 2.95. The Kier molecular flexibility index (Phi) is 14.3. The Hall–Kier alpha value is -0.160. The van der Waals surface area contributed by atoms with Gasteiger partial charge in [0.2, 0.25) is 0 Å². The van der Waals surface area contributed by atoms with Crippen LogP contribution in [-0.4, -0.2) is 86.8 Å². The molecule has 0 amide bonds. The van der Waals surface area contributed by atoms with Crippen LogP contribution in [0.2, 0.25) is 0 Å². The zero-order valence-corrected chi connectivity index (χ0v) is 16.1. The van der Waals surface area contributed by atoms with Gasteiger partial charge >= 0.3 is 0 Å². The Bertz CT molecular complexity index is 222. The molecule has 2 fully saturated rings. The molecular formula is C18H41N3O. The van der Waals surface area contributed by atoms with Crippen LogP contribution >= 0.6 is 0 Å². The van der Waals surface area contributed by atoms with E-state index in [9.17, 15) is 0 Å². The van der Waals surface area contributed by atoms with Crippen molar-refractivity contribution in [2.75, 3.05) is 66.0 Å². The quantitative estimate of drug-likeness (QED) is 0.776. The minimum atomic E-state index is 0.514. The number of piperidine rings is 1. The van der Waals surface area contributed by atoms with Crippen molar-refractivity contribution in [1.29, 1.82) is 0 Å². The Morgan fingerprint density at radius 2 is 1.36 bits per heavy atom. The van der Waals surface area contributed by atoms with Crippen molar-refractivity contribution in [3.05, 3.63) is 0 Å². The summed E-state index contributed by atoms with van der Waals surface area (Å²) in [5.74, 6) is 0. The van der Waals surface area contributed by atoms with Crippen LogP contribution in [0.1, 0.15) is 47.5 Å². The van der Waals surface area contributed by atoms with Crippen molar-refractivity contribution in [1.82, 2.24) is 14.7 Å². The molecule has 0 aromatic rings. The van der Waals surface area contributed by atoms with Crippen LogP contribution in [0.3, 0.4) is 0 Å². The molecule has 0 aliphatic carbocycles. The first kappa shape index (κ1) is 21.8. The maximum Gasteiger partial charge on any atom is 0.0600 e. The average molecular weight is 316 g/mol. The number of hydrogen-bond donors (Lipinski definition) is 0. The second-order valence-corrected chi connectivity index (χ2v) is 5.65. The van der Waals surface area contributed by atoms with E-state index < -0.39 is 0 Å². The van der Waals surface area contributed by atoms with Crippen molar-refractivity contribution in [2.24, 2.45) is 0 Å². The summed E-state index contributed by atoms with van der Waals surface area (Å²) in [6.45, 7) is 20.7. The summed E-state index contributed by atoms with van der Waals surface area (Å²) in [5.41, 5.74) is 0. The van der Waals surface area contributed by atoms with Gasteiger partial charge in [-0.3, -0.25) is 4.90 Å². The lowest BCUT2D eigenvalue weighted by Gasteiger charge is -2.34. The van der Waals surface area contributed by atoms with Gasteiger partial charge in [-0.05, 0) is 26.4 Å². The molecule has 2 saturated heterocycles. The molecule has 0 saturated carbocycles. The van der Waals surface area contributed by atoms with Gasteiger partial charge in [0, 0.05) is 45.8 Å². The Morgan fingerprint density at radius 3 is 1.86 bits per heavy atom. The predicted molar refractivity (Wildman–Crippen MR) is 97.7 cm³/mol. The molecule has 4 heteroatoms. The number of piperazine rings is 1. The second kappa shape index (κ2) is 14.4. The molecule has 22 heavy (non-hydrogen) atoms. The highest BCUT2D eigenvalue weighted by atomic mass is 16.5. The zero-order valence-electron chi connectivity index (χ0n) is 16.1. The van der Waals surface area contributed by atoms with Gasteiger partial charge in [0.1, 0.15) is 0 Å². The highest BCUT2D eigenvalue weighted by Crippen LogP contribution is 2.13. The van der Waals surface area contributed by atoms with Gasteiger partial charge in [0.15, 0.2) is 0 Å². The van der Waals surface area contributed by atoms with Crippen molar-refractivity contribution >= 4 is 0 Å². The molecule has 134 valence electrons. The van der Waals surface area contributed by atoms with Crippen LogP contribution in [-0.2, 0) is 4.74 Å². The second-order valence-electron chi connectivity index (χ2n) is 5.65. The number of rotatable bonds is 5. The van der Waals surface area contributed by atoms with E-state index >= 15 is 0 Å². The molecule has 2 aliphatic rings. The van der Waals surface area contributed by atoms with E-state index in [-0.39, 0.29) is 0 Å². The first-order chi connectivity index (χ1) is 10.8. The number of ether oxygens (including phenoxy) is 1. The van der Waals surface area contributed by atoms with Crippen molar-refractivity contribution in [3.63, 3.8) is 0 Å². The van der Waals surface area contributed by atoms with Crippen LogP contribution in [0.4, 0.5) is 0 Å². The lowest BCUT2D eigenvalue weighted by Crippen LogP contribution is -2.46. The summed E-state index contributed by atoms with van der Waals surface area (Å²) in [4.78, 5) is 7.44. The first-order valence-corrected chi connectivity index (χ1v) is 9.53. The first-order valence-electron chi connectivity index (χ1n) is 9.53. The number of nitrogens with zero attached hydrogens (tertiary/aromatic N) is 3. The third-order valence-electron chi connectivity index (χ3n) is 4.34. The van der Waals surface area contributed by atoms with Gasteiger partial charge in [-0.25, -0.2) is 0 Å². The summed E-state index contributed by atoms with van der Waals surface area (Å²) >= 11 is 0. The molecule has 0 atom stereocenters. The summed E-state index contributed by atoms with van der Waals surface area (Å²) in [6, 6.07) is 0. The molecule has 0 radical (unpaired) electrons. The van der Waals surface area contributed by atoms with Gasteiger partial charge in [0.25, 0.3) is 0 Å². The zero-order chi connectivity index (χ0) is 16.8. The lowest BCUT2D eigenvalue weighted by molar-refractivity contribution is -0.00466. The molecule has 0 aromatic heterocycles. The van der Waals surface area contributed by atoms with Gasteiger partial charge in [0.05, 0.1) is 12.7 Å². The van der Waals surface area contributed by atoms with Crippen molar-refractivity contribution in [2.45, 2.75) is 53.6 Å². The van der Waals surface area contributed by atoms with Gasteiger partial charge in [-0.15, -0.1) is 0 Å². The molecule has 0 bridgehead atoms. The summed E-state index contributed by atoms with van der Waals surface area (Å²) < 4.78 is 6.02. The molecule has 0 unspecified atom stereocenters. The number of hydrogen-bond acceptors (Lipinski definition) is 4. The van der Waals surface area contributed by atoms with E-state index in [2.05, 4.69) is 28.7 Å². The lowest BCUT2D eigenvalue weighted by atomic mass is 10.1. The molecule has 2 aliphatic heterocycles. The molecule has 0 spiro atoms. The van der Waals surface area contributed by atoms with E-state index in [0.29, 0.717) is 6.10 Å². The fraction of sp³-hybridized carbons (Fsp3) is 1.00. The molecule has 4 nitrogen and oxygen atoms in total. The van der Waals surface area contributed by atoms with Gasteiger partial charge in [-0.1, -0.05) is 34.6 Å². The molecule has 2 rings (SSSR count). The predicted octanol–water partition coefficient (Wildman–Crippen LogP) is 2.79. The van der Waals surface area contributed by atoms with E-state index in [1.54, 1.807) is 0 Å². The number of likely N-dealkylation sites (N-methyl/N-ethyl adjacent to an activating group) is 1. The Balaban J connectivity index is 0.00000102. The maximum absolute atomic E-state index is 6.02. The Morgan fingerprint density at radius 1 is 0.818 bits per heavy atom. The van der Waals surface area contributed by atoms with E-state index in [0.717, 1.165) is 13.2 Å². The van der Waals surface area contributed by atoms with Gasteiger partial charge in [-0.2, -0.15) is 0 Å². The van der Waals surface area contributed by atoms with E-state index in [4.69, 9.17) is 4.74 Å².